The number of pyridine rings is 1. The average molecular weight is 401 g/mol. The van der Waals surface area contributed by atoms with Gasteiger partial charge in [0, 0.05) is 24.5 Å². The number of anilines is 2. The number of nitrogens with zero attached hydrogens (tertiary/aromatic N) is 2. The van der Waals surface area contributed by atoms with Gasteiger partial charge in [-0.1, -0.05) is 0 Å². The number of aryl methyl sites for hydroxylation is 2. The van der Waals surface area contributed by atoms with Gasteiger partial charge in [0.05, 0.1) is 10.2 Å². The van der Waals surface area contributed by atoms with Gasteiger partial charge in [0.15, 0.2) is 5.65 Å². The second-order valence-corrected chi connectivity index (χ2v) is 6.67. The maximum atomic E-state index is 12.7. The Kier molecular flexibility index (Phi) is 4.59. The lowest BCUT2D eigenvalue weighted by Crippen LogP contribution is -2.16. The number of aromatic nitrogens is 2. The SMILES string of the molecule is CC(=O)Nc1ccc(NC(=O)c2c(C)nc3c(Br)cc(C)cn23)cc1. The van der Waals surface area contributed by atoms with Crippen LogP contribution < -0.4 is 10.6 Å². The van der Waals surface area contributed by atoms with Crippen molar-refractivity contribution in [3.05, 3.63) is 58.0 Å². The van der Waals surface area contributed by atoms with Crippen molar-refractivity contribution >= 4 is 44.8 Å². The number of fused-ring (bicyclic) bond motifs is 1. The van der Waals surface area contributed by atoms with Crippen molar-refractivity contribution in [2.45, 2.75) is 20.8 Å². The second kappa shape index (κ2) is 6.68. The Balaban J connectivity index is 1.90. The first-order chi connectivity index (χ1) is 11.8. The van der Waals surface area contributed by atoms with E-state index < -0.39 is 0 Å². The second-order valence-electron chi connectivity index (χ2n) is 5.82. The number of benzene rings is 1. The van der Waals surface area contributed by atoms with Crippen molar-refractivity contribution < 1.29 is 9.59 Å². The van der Waals surface area contributed by atoms with Gasteiger partial charge in [0.2, 0.25) is 5.91 Å². The summed E-state index contributed by atoms with van der Waals surface area (Å²) in [5.41, 5.74) is 4.18. The summed E-state index contributed by atoms with van der Waals surface area (Å²) >= 11 is 3.49. The van der Waals surface area contributed by atoms with Gasteiger partial charge in [-0.05, 0) is 65.7 Å². The van der Waals surface area contributed by atoms with Gasteiger partial charge in [0.1, 0.15) is 5.69 Å². The molecule has 0 aliphatic carbocycles. The topological polar surface area (TPSA) is 75.5 Å². The molecule has 2 amide bonds. The predicted molar refractivity (Wildman–Crippen MR) is 101 cm³/mol. The number of carbonyl (C=O) groups is 2. The average Bonchev–Trinajstić information content (AvgIpc) is 2.85. The summed E-state index contributed by atoms with van der Waals surface area (Å²) in [7, 11) is 0. The lowest BCUT2D eigenvalue weighted by Gasteiger charge is -2.08. The van der Waals surface area contributed by atoms with E-state index in [2.05, 4.69) is 31.5 Å². The first-order valence-corrected chi connectivity index (χ1v) is 8.48. The molecule has 0 saturated heterocycles. The molecule has 2 aromatic heterocycles. The number of rotatable bonds is 3. The number of hydrogen-bond donors (Lipinski definition) is 2. The minimum Gasteiger partial charge on any atom is -0.326 e. The molecule has 3 rings (SSSR count). The van der Waals surface area contributed by atoms with E-state index in [9.17, 15) is 9.59 Å². The van der Waals surface area contributed by atoms with E-state index in [0.29, 0.717) is 28.4 Å². The molecule has 7 heteroatoms. The van der Waals surface area contributed by atoms with Gasteiger partial charge < -0.3 is 10.6 Å². The van der Waals surface area contributed by atoms with Crippen molar-refractivity contribution in [1.29, 1.82) is 0 Å². The molecule has 6 nitrogen and oxygen atoms in total. The van der Waals surface area contributed by atoms with E-state index in [4.69, 9.17) is 0 Å². The van der Waals surface area contributed by atoms with Crippen molar-refractivity contribution in [1.82, 2.24) is 9.38 Å². The standard InChI is InChI=1S/C18H17BrN4O2/c1-10-8-15(19)17-20-11(2)16(23(17)9-10)18(25)22-14-6-4-13(5-7-14)21-12(3)24/h4-9H,1-3H3,(H,21,24)(H,22,25). The quantitative estimate of drug-likeness (QED) is 0.699. The van der Waals surface area contributed by atoms with Gasteiger partial charge in [-0.3, -0.25) is 14.0 Å². The maximum absolute atomic E-state index is 12.7. The number of carbonyl (C=O) groups excluding carboxylic acids is 2. The molecule has 0 fully saturated rings. The normalized spacial score (nSPS) is 10.7. The van der Waals surface area contributed by atoms with Crippen LogP contribution in [0.3, 0.4) is 0 Å². The van der Waals surface area contributed by atoms with E-state index in [-0.39, 0.29) is 11.8 Å². The van der Waals surface area contributed by atoms with E-state index in [1.165, 1.54) is 6.92 Å². The Morgan fingerprint density at radius 1 is 1.08 bits per heavy atom. The third-order valence-electron chi connectivity index (χ3n) is 3.66. The van der Waals surface area contributed by atoms with Crippen LogP contribution in [0.15, 0.2) is 41.0 Å². The van der Waals surface area contributed by atoms with Crippen molar-refractivity contribution in [3.8, 4) is 0 Å². The summed E-state index contributed by atoms with van der Waals surface area (Å²) in [6, 6.07) is 8.91. The Labute approximate surface area is 153 Å². The summed E-state index contributed by atoms with van der Waals surface area (Å²) in [4.78, 5) is 28.3. The van der Waals surface area contributed by atoms with Crippen molar-refractivity contribution in [2.75, 3.05) is 10.6 Å². The lowest BCUT2D eigenvalue weighted by molar-refractivity contribution is -0.114. The third kappa shape index (κ3) is 3.56. The van der Waals surface area contributed by atoms with Crippen LogP contribution in [-0.4, -0.2) is 21.2 Å². The molecule has 1 aromatic carbocycles. The van der Waals surface area contributed by atoms with Crippen LogP contribution in [0, 0.1) is 13.8 Å². The molecule has 2 heterocycles. The fourth-order valence-electron chi connectivity index (χ4n) is 2.65. The highest BCUT2D eigenvalue weighted by atomic mass is 79.9. The Bertz CT molecular complexity index is 977. The van der Waals surface area contributed by atoms with Crippen LogP contribution in [-0.2, 0) is 4.79 Å². The van der Waals surface area contributed by atoms with Gasteiger partial charge in [-0.25, -0.2) is 4.98 Å². The Hall–Kier alpha value is -2.67. The molecular weight excluding hydrogens is 384 g/mol. The van der Waals surface area contributed by atoms with Crippen molar-refractivity contribution in [3.63, 3.8) is 0 Å². The van der Waals surface area contributed by atoms with Crippen LogP contribution in [0.4, 0.5) is 11.4 Å². The summed E-state index contributed by atoms with van der Waals surface area (Å²) in [6.07, 6.45) is 1.88. The molecule has 0 radical (unpaired) electrons. The molecular formula is C18H17BrN4O2. The number of nitrogens with one attached hydrogen (secondary N) is 2. The monoisotopic (exact) mass is 400 g/mol. The summed E-state index contributed by atoms with van der Waals surface area (Å²) in [5, 5.41) is 5.56. The molecule has 0 atom stereocenters. The van der Waals surface area contributed by atoms with Crippen molar-refractivity contribution in [2.24, 2.45) is 0 Å². The molecule has 128 valence electrons. The molecule has 0 unspecified atom stereocenters. The van der Waals surface area contributed by atoms with E-state index >= 15 is 0 Å². The maximum Gasteiger partial charge on any atom is 0.274 e. The van der Waals surface area contributed by atoms with Gasteiger partial charge in [-0.2, -0.15) is 0 Å². The summed E-state index contributed by atoms with van der Waals surface area (Å²) in [6.45, 7) is 5.22. The highest BCUT2D eigenvalue weighted by Crippen LogP contribution is 2.23. The molecule has 2 N–H and O–H groups in total. The first-order valence-electron chi connectivity index (χ1n) is 7.69. The Morgan fingerprint density at radius 2 is 1.68 bits per heavy atom. The van der Waals surface area contributed by atoms with Crippen LogP contribution in [0.25, 0.3) is 5.65 Å². The molecule has 0 saturated carbocycles. The Morgan fingerprint density at radius 3 is 2.28 bits per heavy atom. The van der Waals surface area contributed by atoms with Gasteiger partial charge in [0.25, 0.3) is 5.91 Å². The molecule has 25 heavy (non-hydrogen) atoms. The molecule has 0 bridgehead atoms. The highest BCUT2D eigenvalue weighted by Gasteiger charge is 2.18. The highest BCUT2D eigenvalue weighted by molar-refractivity contribution is 9.10. The van der Waals surface area contributed by atoms with E-state index in [0.717, 1.165) is 10.0 Å². The molecule has 0 aliphatic rings. The smallest absolute Gasteiger partial charge is 0.274 e. The summed E-state index contributed by atoms with van der Waals surface area (Å²) < 4.78 is 2.63. The lowest BCUT2D eigenvalue weighted by atomic mass is 10.2. The molecule has 3 aromatic rings. The number of amides is 2. The minimum atomic E-state index is -0.241. The fraction of sp³-hybridized carbons (Fsp3) is 0.167. The van der Waals surface area contributed by atoms with E-state index in [1.807, 2.05) is 26.1 Å². The first kappa shape index (κ1) is 17.2. The van der Waals surface area contributed by atoms with Crippen LogP contribution in [0.2, 0.25) is 0 Å². The van der Waals surface area contributed by atoms with E-state index in [1.54, 1.807) is 28.7 Å². The fourth-order valence-corrected chi connectivity index (χ4v) is 3.29. The predicted octanol–water partition coefficient (Wildman–Crippen LogP) is 3.92. The summed E-state index contributed by atoms with van der Waals surface area (Å²) in [5.74, 6) is -0.381. The number of imidazole rings is 1. The van der Waals surface area contributed by atoms with Crippen LogP contribution in [0.5, 0.6) is 0 Å². The molecule has 0 aliphatic heterocycles. The van der Waals surface area contributed by atoms with Gasteiger partial charge in [-0.15, -0.1) is 0 Å². The zero-order chi connectivity index (χ0) is 18.1. The largest absolute Gasteiger partial charge is 0.326 e. The molecule has 0 spiro atoms. The number of hydrogen-bond acceptors (Lipinski definition) is 3. The zero-order valence-electron chi connectivity index (χ0n) is 14.1. The number of halogens is 1. The van der Waals surface area contributed by atoms with Gasteiger partial charge >= 0.3 is 0 Å². The van der Waals surface area contributed by atoms with Crippen LogP contribution in [0.1, 0.15) is 28.7 Å². The zero-order valence-corrected chi connectivity index (χ0v) is 15.6. The minimum absolute atomic E-state index is 0.140. The van der Waals surface area contributed by atoms with Crippen LogP contribution >= 0.6 is 15.9 Å². The third-order valence-corrected chi connectivity index (χ3v) is 4.25.